The molecule has 0 bridgehead atoms. The number of nitrogens with one attached hydrogen (secondary N) is 1. The van der Waals surface area contributed by atoms with Crippen LogP contribution in [0.2, 0.25) is 0 Å². The Morgan fingerprint density at radius 2 is 2.22 bits per heavy atom. The molecule has 4 nitrogen and oxygen atoms in total. The topological polar surface area (TPSA) is 66.4 Å². The lowest BCUT2D eigenvalue weighted by molar-refractivity contribution is -0.137. The Kier molecular flexibility index (Phi) is 5.81. The Morgan fingerprint density at radius 1 is 1.56 bits per heavy atom. The number of carboxylic acid groups (broad SMARTS) is 1. The van der Waals surface area contributed by atoms with Crippen LogP contribution in [0.1, 0.15) is 41.4 Å². The highest BCUT2D eigenvalue weighted by Crippen LogP contribution is 2.27. The smallest absolute Gasteiger partial charge is 0.305 e. The lowest BCUT2D eigenvalue weighted by Crippen LogP contribution is -2.36. The largest absolute Gasteiger partial charge is 0.481 e. The number of amides is 1. The van der Waals surface area contributed by atoms with E-state index in [2.05, 4.69) is 21.2 Å². The molecular weight excluding hydrogens is 318 g/mol. The van der Waals surface area contributed by atoms with Crippen LogP contribution in [0, 0.1) is 6.92 Å². The molecule has 1 rings (SSSR count). The molecule has 2 N–H and O–H groups in total. The number of halogens is 1. The Bertz CT molecular complexity index is 425. The molecule has 18 heavy (non-hydrogen) atoms. The third kappa shape index (κ3) is 4.42. The highest BCUT2D eigenvalue weighted by atomic mass is 79.9. The predicted octanol–water partition coefficient (Wildman–Crippen LogP) is 3.19. The van der Waals surface area contributed by atoms with Crippen molar-refractivity contribution in [2.75, 3.05) is 0 Å². The quantitative estimate of drug-likeness (QED) is 0.840. The summed E-state index contributed by atoms with van der Waals surface area (Å²) in [5.74, 6) is -1.09. The van der Waals surface area contributed by atoms with E-state index in [4.69, 9.17) is 5.11 Å². The number of thiophene rings is 1. The monoisotopic (exact) mass is 333 g/mol. The van der Waals surface area contributed by atoms with E-state index in [0.29, 0.717) is 11.3 Å². The first-order valence-corrected chi connectivity index (χ1v) is 7.33. The van der Waals surface area contributed by atoms with Gasteiger partial charge in [0.15, 0.2) is 0 Å². The van der Waals surface area contributed by atoms with Crippen molar-refractivity contribution in [1.29, 1.82) is 0 Å². The lowest BCUT2D eigenvalue weighted by atomic mass is 10.1. The zero-order valence-electron chi connectivity index (χ0n) is 10.3. The van der Waals surface area contributed by atoms with Gasteiger partial charge in [0.25, 0.3) is 5.91 Å². The molecule has 1 atom stereocenters. The summed E-state index contributed by atoms with van der Waals surface area (Å²) in [5, 5.41) is 11.6. The molecule has 0 saturated carbocycles. The molecule has 1 amide bonds. The van der Waals surface area contributed by atoms with Gasteiger partial charge in [-0.2, -0.15) is 0 Å². The van der Waals surface area contributed by atoms with Gasteiger partial charge >= 0.3 is 5.97 Å². The number of hydrogen-bond donors (Lipinski definition) is 2. The number of hydrogen-bond acceptors (Lipinski definition) is 3. The zero-order chi connectivity index (χ0) is 13.7. The van der Waals surface area contributed by atoms with Crippen LogP contribution in [0.5, 0.6) is 0 Å². The molecule has 0 fully saturated rings. The third-order valence-electron chi connectivity index (χ3n) is 2.47. The maximum atomic E-state index is 12.0. The van der Waals surface area contributed by atoms with E-state index >= 15 is 0 Å². The van der Waals surface area contributed by atoms with Crippen LogP contribution in [0.15, 0.2) is 9.85 Å². The summed E-state index contributed by atoms with van der Waals surface area (Å²) < 4.78 is 0.929. The van der Waals surface area contributed by atoms with E-state index in [0.717, 1.165) is 15.8 Å². The second kappa shape index (κ2) is 6.89. The van der Waals surface area contributed by atoms with E-state index in [9.17, 15) is 9.59 Å². The van der Waals surface area contributed by atoms with E-state index in [1.165, 1.54) is 11.3 Å². The van der Waals surface area contributed by atoms with Gasteiger partial charge in [0.1, 0.15) is 0 Å². The van der Waals surface area contributed by atoms with E-state index < -0.39 is 5.97 Å². The molecule has 0 aliphatic heterocycles. The van der Waals surface area contributed by atoms with Crippen LogP contribution in [0.25, 0.3) is 0 Å². The molecule has 0 radical (unpaired) electrons. The van der Waals surface area contributed by atoms with Crippen LogP contribution in [-0.2, 0) is 4.79 Å². The Labute approximate surface area is 119 Å². The third-order valence-corrected chi connectivity index (χ3v) is 4.61. The summed E-state index contributed by atoms with van der Waals surface area (Å²) in [4.78, 5) is 23.3. The summed E-state index contributed by atoms with van der Waals surface area (Å²) >= 11 is 4.72. The highest BCUT2D eigenvalue weighted by molar-refractivity contribution is 9.11. The molecule has 0 aliphatic rings. The van der Waals surface area contributed by atoms with Crippen molar-refractivity contribution in [3.05, 3.63) is 20.3 Å². The number of aliphatic carboxylic acids is 1. The predicted molar refractivity (Wildman–Crippen MR) is 75.2 cm³/mol. The summed E-state index contributed by atoms with van der Waals surface area (Å²) in [6.07, 6.45) is 1.47. The van der Waals surface area contributed by atoms with Crippen LogP contribution in [0.3, 0.4) is 0 Å². The molecule has 100 valence electrons. The number of aryl methyl sites for hydroxylation is 1. The zero-order valence-corrected chi connectivity index (χ0v) is 12.7. The van der Waals surface area contributed by atoms with Crippen LogP contribution in [-0.4, -0.2) is 23.0 Å². The minimum atomic E-state index is -0.891. The van der Waals surface area contributed by atoms with Crippen molar-refractivity contribution in [3.63, 3.8) is 0 Å². The number of carbonyl (C=O) groups excluding carboxylic acids is 1. The number of rotatable bonds is 6. The molecular formula is C12H16BrNO3S. The Balaban J connectivity index is 2.68. The normalized spacial score (nSPS) is 12.2. The van der Waals surface area contributed by atoms with Gasteiger partial charge in [-0.05, 0) is 40.9 Å². The van der Waals surface area contributed by atoms with E-state index in [1.807, 2.05) is 13.8 Å². The average molecular weight is 334 g/mol. The van der Waals surface area contributed by atoms with E-state index in [-0.39, 0.29) is 18.4 Å². The summed E-state index contributed by atoms with van der Waals surface area (Å²) in [6.45, 7) is 3.88. The van der Waals surface area contributed by atoms with Crippen molar-refractivity contribution in [3.8, 4) is 0 Å². The van der Waals surface area contributed by atoms with Gasteiger partial charge in [0.05, 0.1) is 15.1 Å². The fraction of sp³-hybridized carbons (Fsp3) is 0.500. The van der Waals surface area contributed by atoms with Gasteiger partial charge < -0.3 is 10.4 Å². The average Bonchev–Trinajstić information content (AvgIpc) is 2.58. The molecule has 0 saturated heterocycles. The summed E-state index contributed by atoms with van der Waals surface area (Å²) in [7, 11) is 0. The first-order chi connectivity index (χ1) is 8.43. The van der Waals surface area contributed by atoms with Crippen molar-refractivity contribution in [1.82, 2.24) is 5.32 Å². The minimum absolute atomic E-state index is 0.0366. The SMILES string of the molecule is CCCC(CC(=O)O)NC(=O)c1cc(C)c(Br)s1. The van der Waals surface area contributed by atoms with Gasteiger partial charge in [-0.3, -0.25) is 9.59 Å². The molecule has 0 aliphatic carbocycles. The molecule has 0 aromatic carbocycles. The van der Waals surface area contributed by atoms with Gasteiger partial charge in [0.2, 0.25) is 0 Å². The standard InChI is InChI=1S/C12H16BrNO3S/c1-3-4-8(6-10(15)16)14-12(17)9-5-7(2)11(13)18-9/h5,8H,3-4,6H2,1-2H3,(H,14,17)(H,15,16). The summed E-state index contributed by atoms with van der Waals surface area (Å²) in [5.41, 5.74) is 1.01. The first-order valence-electron chi connectivity index (χ1n) is 5.72. The van der Waals surface area contributed by atoms with E-state index in [1.54, 1.807) is 6.07 Å². The van der Waals surface area contributed by atoms with Crippen molar-refractivity contribution >= 4 is 39.1 Å². The van der Waals surface area contributed by atoms with Crippen molar-refractivity contribution in [2.24, 2.45) is 0 Å². The van der Waals surface area contributed by atoms with Crippen molar-refractivity contribution < 1.29 is 14.7 Å². The Morgan fingerprint density at radius 3 is 2.67 bits per heavy atom. The first kappa shape index (κ1) is 15.2. The highest BCUT2D eigenvalue weighted by Gasteiger charge is 2.18. The second-order valence-corrected chi connectivity index (χ2v) is 6.49. The Hall–Kier alpha value is -0.880. The van der Waals surface area contributed by atoms with Gasteiger partial charge in [-0.15, -0.1) is 11.3 Å². The maximum Gasteiger partial charge on any atom is 0.305 e. The molecule has 1 heterocycles. The fourth-order valence-electron chi connectivity index (χ4n) is 1.61. The summed E-state index contributed by atoms with van der Waals surface area (Å²) in [6, 6.07) is 1.49. The molecule has 1 aromatic rings. The number of carboxylic acids is 1. The molecule has 1 unspecified atom stereocenters. The van der Waals surface area contributed by atoms with Gasteiger partial charge in [-0.25, -0.2) is 0 Å². The fourth-order valence-corrected chi connectivity index (χ4v) is 3.05. The van der Waals surface area contributed by atoms with Crippen LogP contribution < -0.4 is 5.32 Å². The van der Waals surface area contributed by atoms with Crippen molar-refractivity contribution in [2.45, 2.75) is 39.2 Å². The molecule has 6 heteroatoms. The van der Waals surface area contributed by atoms with Crippen LogP contribution in [0.4, 0.5) is 0 Å². The lowest BCUT2D eigenvalue weighted by Gasteiger charge is -2.15. The maximum absolute atomic E-state index is 12.0. The second-order valence-electron chi connectivity index (χ2n) is 4.12. The van der Waals surface area contributed by atoms with Crippen LogP contribution >= 0.6 is 27.3 Å². The molecule has 1 aromatic heterocycles. The minimum Gasteiger partial charge on any atom is -0.481 e. The number of carbonyl (C=O) groups is 2. The molecule has 0 spiro atoms. The van der Waals surface area contributed by atoms with Gasteiger partial charge in [0, 0.05) is 6.04 Å². The van der Waals surface area contributed by atoms with Gasteiger partial charge in [-0.1, -0.05) is 13.3 Å².